The molecule has 0 aromatic carbocycles. The zero-order valence-corrected chi connectivity index (χ0v) is 8.42. The molecule has 0 saturated heterocycles. The molecule has 0 fully saturated rings. The molecule has 1 aromatic rings. The van der Waals surface area contributed by atoms with Gasteiger partial charge >= 0.3 is 0 Å². The Morgan fingerprint density at radius 1 is 1.64 bits per heavy atom. The van der Waals surface area contributed by atoms with Gasteiger partial charge in [-0.2, -0.15) is 5.26 Å². The molecule has 0 amide bonds. The average Bonchev–Trinajstić information content (AvgIpc) is 2.17. The molecule has 6 heteroatoms. The van der Waals surface area contributed by atoms with Crippen LogP contribution < -0.4 is 0 Å². The third-order valence-electron chi connectivity index (χ3n) is 1.64. The molecule has 0 aliphatic heterocycles. The number of rotatable bonds is 2. The summed E-state index contributed by atoms with van der Waals surface area (Å²) in [5, 5.41) is 17.8. The minimum absolute atomic E-state index is 0.0642. The van der Waals surface area contributed by atoms with E-state index in [9.17, 15) is 8.78 Å². The van der Waals surface area contributed by atoms with E-state index < -0.39 is 23.3 Å². The van der Waals surface area contributed by atoms with E-state index in [4.69, 9.17) is 10.4 Å². The van der Waals surface area contributed by atoms with Crippen molar-refractivity contribution in [2.75, 3.05) is 0 Å². The van der Waals surface area contributed by atoms with Gasteiger partial charge in [-0.05, 0) is 0 Å². The second kappa shape index (κ2) is 4.33. The number of pyridine rings is 1. The Labute approximate surface area is 87.1 Å². The van der Waals surface area contributed by atoms with Crippen LogP contribution in [0.1, 0.15) is 23.2 Å². The van der Waals surface area contributed by atoms with Gasteiger partial charge in [-0.25, -0.2) is 8.78 Å². The van der Waals surface area contributed by atoms with Crippen LogP contribution in [0.15, 0.2) is 6.20 Å². The molecule has 0 aliphatic carbocycles. The van der Waals surface area contributed by atoms with Gasteiger partial charge < -0.3 is 5.11 Å². The highest BCUT2D eigenvalue weighted by Crippen LogP contribution is 2.31. The van der Waals surface area contributed by atoms with Gasteiger partial charge in [0.2, 0.25) is 0 Å². The highest BCUT2D eigenvalue weighted by Gasteiger charge is 2.21. The fraction of sp³-hybridized carbons (Fsp3) is 0.250. The van der Waals surface area contributed by atoms with Crippen molar-refractivity contribution in [2.45, 2.75) is 11.8 Å². The lowest BCUT2D eigenvalue weighted by Gasteiger charge is -2.08. The molecule has 0 saturated carbocycles. The maximum atomic E-state index is 12.5. The number of alkyl halides is 3. The van der Waals surface area contributed by atoms with Crippen molar-refractivity contribution < 1.29 is 13.9 Å². The molecule has 3 nitrogen and oxygen atoms in total. The van der Waals surface area contributed by atoms with E-state index in [1.54, 1.807) is 0 Å². The van der Waals surface area contributed by atoms with E-state index in [2.05, 4.69) is 20.9 Å². The average molecular weight is 263 g/mol. The van der Waals surface area contributed by atoms with Gasteiger partial charge in [-0.3, -0.25) is 4.98 Å². The summed E-state index contributed by atoms with van der Waals surface area (Å²) in [6, 6.07) is 1.53. The topological polar surface area (TPSA) is 56.9 Å². The molecule has 1 N–H and O–H groups in total. The van der Waals surface area contributed by atoms with Gasteiger partial charge in [0.25, 0.3) is 6.43 Å². The SMILES string of the molecule is N#Cc1c(O)cnc(CBr)c1C(F)F. The molecule has 0 unspecified atom stereocenters. The molecule has 0 aliphatic rings. The van der Waals surface area contributed by atoms with Crippen molar-refractivity contribution in [3.63, 3.8) is 0 Å². The first-order valence-electron chi connectivity index (χ1n) is 3.56. The maximum absolute atomic E-state index is 12.5. The number of hydrogen-bond acceptors (Lipinski definition) is 3. The van der Waals surface area contributed by atoms with E-state index in [1.807, 2.05) is 0 Å². The number of halogens is 3. The molecular formula is C8H5BrF2N2O. The van der Waals surface area contributed by atoms with Crippen molar-refractivity contribution >= 4 is 15.9 Å². The minimum atomic E-state index is -2.82. The first kappa shape index (κ1) is 10.9. The molecule has 0 bridgehead atoms. The van der Waals surface area contributed by atoms with E-state index in [0.29, 0.717) is 0 Å². The van der Waals surface area contributed by atoms with Gasteiger partial charge in [-0.15, -0.1) is 0 Å². The second-order valence-electron chi connectivity index (χ2n) is 2.42. The molecule has 74 valence electrons. The molecule has 1 rings (SSSR count). The third kappa shape index (κ3) is 1.82. The fourth-order valence-electron chi connectivity index (χ4n) is 1.01. The number of nitrogens with zero attached hydrogens (tertiary/aromatic N) is 2. The van der Waals surface area contributed by atoms with Crippen molar-refractivity contribution in [3.8, 4) is 11.8 Å². The molecule has 0 atom stereocenters. The van der Waals surface area contributed by atoms with Crippen LogP contribution >= 0.6 is 15.9 Å². The quantitative estimate of drug-likeness (QED) is 0.834. The molecule has 14 heavy (non-hydrogen) atoms. The molecule has 0 spiro atoms. The van der Waals surface area contributed by atoms with E-state index >= 15 is 0 Å². The summed E-state index contributed by atoms with van der Waals surface area (Å²) in [4.78, 5) is 3.60. The lowest BCUT2D eigenvalue weighted by molar-refractivity contribution is 0.149. The number of aromatic hydroxyl groups is 1. The first-order chi connectivity index (χ1) is 6.61. The van der Waals surface area contributed by atoms with Gasteiger partial charge in [0.05, 0.1) is 17.5 Å². The summed E-state index contributed by atoms with van der Waals surface area (Å²) in [5.41, 5.74) is -0.858. The minimum Gasteiger partial charge on any atom is -0.505 e. The smallest absolute Gasteiger partial charge is 0.267 e. The highest BCUT2D eigenvalue weighted by atomic mass is 79.9. The Balaban J connectivity index is 3.46. The van der Waals surface area contributed by atoms with Crippen LogP contribution in [-0.2, 0) is 5.33 Å². The lowest BCUT2D eigenvalue weighted by atomic mass is 10.1. The normalized spacial score (nSPS) is 10.2. The Kier molecular flexibility index (Phi) is 3.36. The van der Waals surface area contributed by atoms with Crippen LogP contribution in [0, 0.1) is 11.3 Å². The first-order valence-corrected chi connectivity index (χ1v) is 4.69. The standard InChI is InChI=1S/C8H5BrF2N2O/c9-1-5-7(8(10)11)4(2-12)6(14)3-13-5/h3,8,14H,1H2. The van der Waals surface area contributed by atoms with Gasteiger partial charge in [-0.1, -0.05) is 15.9 Å². The summed E-state index contributed by atoms with van der Waals surface area (Å²) < 4.78 is 25.0. The van der Waals surface area contributed by atoms with Gasteiger partial charge in [0.1, 0.15) is 11.6 Å². The molecule has 1 heterocycles. The Bertz CT molecular complexity index is 390. The van der Waals surface area contributed by atoms with Crippen LogP contribution in [0.3, 0.4) is 0 Å². The fourth-order valence-corrected chi connectivity index (χ4v) is 1.46. The highest BCUT2D eigenvalue weighted by molar-refractivity contribution is 9.08. The summed E-state index contributed by atoms with van der Waals surface area (Å²) in [7, 11) is 0. The zero-order valence-electron chi connectivity index (χ0n) is 6.84. The zero-order chi connectivity index (χ0) is 10.7. The lowest BCUT2D eigenvalue weighted by Crippen LogP contribution is -2.00. The van der Waals surface area contributed by atoms with Crippen molar-refractivity contribution in [1.82, 2.24) is 4.98 Å². The van der Waals surface area contributed by atoms with Gasteiger partial charge in [0.15, 0.2) is 5.75 Å². The van der Waals surface area contributed by atoms with Crippen molar-refractivity contribution in [2.24, 2.45) is 0 Å². The van der Waals surface area contributed by atoms with Crippen LogP contribution in [0.25, 0.3) is 0 Å². The Morgan fingerprint density at radius 2 is 2.29 bits per heavy atom. The molecule has 0 radical (unpaired) electrons. The Morgan fingerprint density at radius 3 is 2.71 bits per heavy atom. The van der Waals surface area contributed by atoms with Crippen LogP contribution in [0.2, 0.25) is 0 Å². The van der Waals surface area contributed by atoms with E-state index in [1.165, 1.54) is 6.07 Å². The largest absolute Gasteiger partial charge is 0.505 e. The monoisotopic (exact) mass is 262 g/mol. The van der Waals surface area contributed by atoms with Crippen LogP contribution in [-0.4, -0.2) is 10.1 Å². The molecule has 1 aromatic heterocycles. The maximum Gasteiger partial charge on any atom is 0.267 e. The van der Waals surface area contributed by atoms with E-state index in [0.717, 1.165) is 6.20 Å². The van der Waals surface area contributed by atoms with Gasteiger partial charge in [0, 0.05) is 5.33 Å². The summed E-state index contributed by atoms with van der Waals surface area (Å²) >= 11 is 2.98. The number of aromatic nitrogens is 1. The molecular weight excluding hydrogens is 258 g/mol. The summed E-state index contributed by atoms with van der Waals surface area (Å²) in [5.74, 6) is -0.521. The van der Waals surface area contributed by atoms with Crippen LogP contribution in [0.4, 0.5) is 8.78 Å². The van der Waals surface area contributed by atoms with Crippen molar-refractivity contribution in [3.05, 3.63) is 23.0 Å². The van der Waals surface area contributed by atoms with E-state index in [-0.39, 0.29) is 11.0 Å². The number of hydrogen-bond donors (Lipinski definition) is 1. The van der Waals surface area contributed by atoms with Crippen molar-refractivity contribution in [1.29, 1.82) is 5.26 Å². The van der Waals surface area contributed by atoms with Crippen LogP contribution in [0.5, 0.6) is 5.75 Å². The summed E-state index contributed by atoms with van der Waals surface area (Å²) in [6.45, 7) is 0. The Hall–Kier alpha value is -1.22. The summed E-state index contributed by atoms with van der Waals surface area (Å²) in [6.07, 6.45) is -1.84. The predicted molar refractivity (Wildman–Crippen MR) is 48.2 cm³/mol. The third-order valence-corrected chi connectivity index (χ3v) is 2.17. The second-order valence-corrected chi connectivity index (χ2v) is 2.99. The number of nitriles is 1. The predicted octanol–water partition coefficient (Wildman–Crippen LogP) is 2.49.